The summed E-state index contributed by atoms with van der Waals surface area (Å²) in [6.07, 6.45) is 0. The first-order valence-corrected chi connectivity index (χ1v) is 5.63. The van der Waals surface area contributed by atoms with Crippen molar-refractivity contribution in [2.24, 2.45) is 0 Å². The molecule has 0 aliphatic carbocycles. The SMILES string of the molecule is Cc1cccc(-c2ccc(N)n2C(C)C)c1. The highest BCUT2D eigenvalue weighted by Gasteiger charge is 2.10. The molecule has 2 rings (SSSR count). The van der Waals surface area contributed by atoms with Gasteiger partial charge in [-0.15, -0.1) is 0 Å². The maximum atomic E-state index is 5.98. The summed E-state index contributed by atoms with van der Waals surface area (Å²) in [5.41, 5.74) is 9.67. The third kappa shape index (κ3) is 1.83. The zero-order valence-corrected chi connectivity index (χ0v) is 10.1. The Hall–Kier alpha value is -1.70. The van der Waals surface area contributed by atoms with Crippen molar-refractivity contribution < 1.29 is 0 Å². The highest BCUT2D eigenvalue weighted by molar-refractivity contribution is 5.64. The first-order chi connectivity index (χ1) is 7.59. The summed E-state index contributed by atoms with van der Waals surface area (Å²) in [5, 5.41) is 0. The number of nitrogens with zero attached hydrogens (tertiary/aromatic N) is 1. The average Bonchev–Trinajstić information content (AvgIpc) is 2.60. The molecule has 0 aliphatic heterocycles. The van der Waals surface area contributed by atoms with Gasteiger partial charge in [0.05, 0.1) is 0 Å². The molecule has 0 spiro atoms. The lowest BCUT2D eigenvalue weighted by Crippen LogP contribution is -2.06. The van der Waals surface area contributed by atoms with E-state index in [0.717, 1.165) is 5.82 Å². The summed E-state index contributed by atoms with van der Waals surface area (Å²) in [6, 6.07) is 12.9. The van der Waals surface area contributed by atoms with Crippen LogP contribution < -0.4 is 5.73 Å². The van der Waals surface area contributed by atoms with Gasteiger partial charge in [-0.05, 0) is 44.5 Å². The Morgan fingerprint density at radius 3 is 2.50 bits per heavy atom. The van der Waals surface area contributed by atoms with E-state index in [2.05, 4.69) is 55.7 Å². The molecule has 0 aliphatic rings. The van der Waals surface area contributed by atoms with E-state index in [1.54, 1.807) is 0 Å². The van der Waals surface area contributed by atoms with Crippen molar-refractivity contribution in [2.45, 2.75) is 26.8 Å². The molecule has 1 heterocycles. The molecule has 84 valence electrons. The number of anilines is 1. The number of hydrogen-bond donors (Lipinski definition) is 1. The molecule has 0 bridgehead atoms. The topological polar surface area (TPSA) is 30.9 Å². The van der Waals surface area contributed by atoms with Crippen molar-refractivity contribution in [3.63, 3.8) is 0 Å². The summed E-state index contributed by atoms with van der Waals surface area (Å²) in [6.45, 7) is 6.40. The molecule has 0 fully saturated rings. The minimum atomic E-state index is 0.380. The molecule has 0 saturated heterocycles. The smallest absolute Gasteiger partial charge is 0.103 e. The van der Waals surface area contributed by atoms with Crippen LogP contribution in [0.2, 0.25) is 0 Å². The lowest BCUT2D eigenvalue weighted by Gasteiger charge is -2.15. The van der Waals surface area contributed by atoms with Crippen LogP contribution in [-0.4, -0.2) is 4.57 Å². The first-order valence-electron chi connectivity index (χ1n) is 5.63. The average molecular weight is 214 g/mol. The molecule has 0 radical (unpaired) electrons. The van der Waals surface area contributed by atoms with Crippen LogP contribution in [0.15, 0.2) is 36.4 Å². The number of benzene rings is 1. The number of nitrogens with two attached hydrogens (primary N) is 1. The maximum absolute atomic E-state index is 5.98. The van der Waals surface area contributed by atoms with Crippen molar-refractivity contribution in [1.82, 2.24) is 4.57 Å². The van der Waals surface area contributed by atoms with Gasteiger partial charge in [0, 0.05) is 11.7 Å². The number of aromatic nitrogens is 1. The van der Waals surface area contributed by atoms with E-state index in [0.29, 0.717) is 6.04 Å². The van der Waals surface area contributed by atoms with E-state index >= 15 is 0 Å². The summed E-state index contributed by atoms with van der Waals surface area (Å²) in [7, 11) is 0. The van der Waals surface area contributed by atoms with Crippen LogP contribution in [0.4, 0.5) is 5.82 Å². The number of aryl methyl sites for hydroxylation is 1. The van der Waals surface area contributed by atoms with Crippen molar-refractivity contribution in [3.05, 3.63) is 42.0 Å². The largest absolute Gasteiger partial charge is 0.385 e. The van der Waals surface area contributed by atoms with Crippen LogP contribution in [0, 0.1) is 6.92 Å². The van der Waals surface area contributed by atoms with Gasteiger partial charge in [0.1, 0.15) is 5.82 Å². The van der Waals surface area contributed by atoms with Gasteiger partial charge in [-0.3, -0.25) is 0 Å². The van der Waals surface area contributed by atoms with Crippen molar-refractivity contribution in [2.75, 3.05) is 5.73 Å². The summed E-state index contributed by atoms with van der Waals surface area (Å²) in [4.78, 5) is 0. The Bertz CT molecular complexity index is 495. The van der Waals surface area contributed by atoms with E-state index in [9.17, 15) is 0 Å². The monoisotopic (exact) mass is 214 g/mol. The zero-order valence-electron chi connectivity index (χ0n) is 10.1. The van der Waals surface area contributed by atoms with E-state index < -0.39 is 0 Å². The normalized spacial score (nSPS) is 11.0. The van der Waals surface area contributed by atoms with Gasteiger partial charge in [-0.25, -0.2) is 0 Å². The number of nitrogen functional groups attached to an aromatic ring is 1. The standard InChI is InChI=1S/C14H18N2/c1-10(2)16-13(7-8-14(16)15)12-6-4-5-11(3)9-12/h4-10H,15H2,1-3H3. The minimum Gasteiger partial charge on any atom is -0.385 e. The molecular weight excluding hydrogens is 196 g/mol. The van der Waals surface area contributed by atoms with E-state index in [1.165, 1.54) is 16.8 Å². The predicted octanol–water partition coefficient (Wildman–Crippen LogP) is 3.63. The van der Waals surface area contributed by atoms with Gasteiger partial charge >= 0.3 is 0 Å². The van der Waals surface area contributed by atoms with Crippen LogP contribution in [0.3, 0.4) is 0 Å². The second-order valence-corrected chi connectivity index (χ2v) is 4.48. The van der Waals surface area contributed by atoms with E-state index in [4.69, 9.17) is 5.73 Å². The maximum Gasteiger partial charge on any atom is 0.103 e. The van der Waals surface area contributed by atoms with Crippen LogP contribution in [0.25, 0.3) is 11.3 Å². The molecule has 0 unspecified atom stereocenters. The first kappa shape index (κ1) is 10.8. The third-order valence-electron chi connectivity index (χ3n) is 2.78. The molecular formula is C14H18N2. The second kappa shape index (κ2) is 4.05. The molecule has 0 atom stereocenters. The summed E-state index contributed by atoms with van der Waals surface area (Å²) < 4.78 is 2.16. The Morgan fingerprint density at radius 1 is 1.12 bits per heavy atom. The summed E-state index contributed by atoms with van der Waals surface area (Å²) >= 11 is 0. The number of rotatable bonds is 2. The van der Waals surface area contributed by atoms with Gasteiger partial charge < -0.3 is 10.3 Å². The quantitative estimate of drug-likeness (QED) is 0.813. The van der Waals surface area contributed by atoms with E-state index in [-0.39, 0.29) is 0 Å². The fraction of sp³-hybridized carbons (Fsp3) is 0.286. The molecule has 16 heavy (non-hydrogen) atoms. The predicted molar refractivity (Wildman–Crippen MR) is 69.4 cm³/mol. The lowest BCUT2D eigenvalue weighted by atomic mass is 10.1. The lowest BCUT2D eigenvalue weighted by molar-refractivity contribution is 0.618. The van der Waals surface area contributed by atoms with E-state index in [1.807, 2.05) is 6.07 Å². The van der Waals surface area contributed by atoms with Crippen molar-refractivity contribution in [3.8, 4) is 11.3 Å². The zero-order chi connectivity index (χ0) is 11.7. The minimum absolute atomic E-state index is 0.380. The van der Waals surface area contributed by atoms with Gasteiger partial charge in [0.2, 0.25) is 0 Å². The fourth-order valence-corrected chi connectivity index (χ4v) is 2.08. The Labute approximate surface area is 96.7 Å². The van der Waals surface area contributed by atoms with Gasteiger partial charge in [-0.1, -0.05) is 23.8 Å². The highest BCUT2D eigenvalue weighted by Crippen LogP contribution is 2.27. The number of hydrogen-bond acceptors (Lipinski definition) is 1. The highest BCUT2D eigenvalue weighted by atomic mass is 15.1. The third-order valence-corrected chi connectivity index (χ3v) is 2.78. The van der Waals surface area contributed by atoms with Crippen molar-refractivity contribution >= 4 is 5.82 Å². The molecule has 1 aromatic carbocycles. The van der Waals surface area contributed by atoms with Crippen LogP contribution in [0.1, 0.15) is 25.5 Å². The molecule has 2 aromatic rings. The Morgan fingerprint density at radius 2 is 1.88 bits per heavy atom. The molecule has 1 aromatic heterocycles. The molecule has 2 N–H and O–H groups in total. The molecule has 2 nitrogen and oxygen atoms in total. The van der Waals surface area contributed by atoms with Crippen LogP contribution >= 0.6 is 0 Å². The van der Waals surface area contributed by atoms with Gasteiger partial charge in [0.25, 0.3) is 0 Å². The molecule has 0 saturated carbocycles. The Kier molecular flexibility index (Phi) is 2.73. The van der Waals surface area contributed by atoms with Crippen LogP contribution in [0.5, 0.6) is 0 Å². The fourth-order valence-electron chi connectivity index (χ4n) is 2.08. The van der Waals surface area contributed by atoms with Gasteiger partial charge in [-0.2, -0.15) is 0 Å². The Balaban J connectivity index is 2.56. The van der Waals surface area contributed by atoms with Crippen molar-refractivity contribution in [1.29, 1.82) is 0 Å². The molecule has 0 amide bonds. The van der Waals surface area contributed by atoms with Crippen LogP contribution in [-0.2, 0) is 0 Å². The molecule has 2 heteroatoms. The van der Waals surface area contributed by atoms with Gasteiger partial charge in [0.15, 0.2) is 0 Å². The second-order valence-electron chi connectivity index (χ2n) is 4.48. The summed E-state index contributed by atoms with van der Waals surface area (Å²) in [5.74, 6) is 0.825.